The summed E-state index contributed by atoms with van der Waals surface area (Å²) < 4.78 is 38.1. The standard InChI is InChI=1S/C18H13ClF3N3O/c1-10-15(23-17(26)13-4-2-3-5-14(13)19)16(25-24-10)11-6-8-12(9-7-11)18(20,21)22/h2-9H,1H3,(H,23,26)(H,24,25). The number of aryl methyl sites for hydroxylation is 1. The Morgan fingerprint density at radius 3 is 2.38 bits per heavy atom. The molecule has 0 saturated carbocycles. The van der Waals surface area contributed by atoms with Crippen molar-refractivity contribution in [2.75, 3.05) is 5.32 Å². The van der Waals surface area contributed by atoms with E-state index in [-0.39, 0.29) is 5.56 Å². The average Bonchev–Trinajstić information content (AvgIpc) is 2.95. The topological polar surface area (TPSA) is 57.8 Å². The molecule has 0 atom stereocenters. The molecule has 4 nitrogen and oxygen atoms in total. The van der Waals surface area contributed by atoms with Crippen molar-refractivity contribution in [3.8, 4) is 11.3 Å². The summed E-state index contributed by atoms with van der Waals surface area (Å²) in [5.74, 6) is -0.437. The summed E-state index contributed by atoms with van der Waals surface area (Å²) in [6, 6.07) is 11.1. The Morgan fingerprint density at radius 2 is 1.77 bits per heavy atom. The number of aromatic nitrogens is 2. The Kier molecular flexibility index (Phi) is 4.73. The zero-order valence-electron chi connectivity index (χ0n) is 13.5. The fourth-order valence-corrected chi connectivity index (χ4v) is 2.66. The molecule has 0 aliphatic rings. The predicted octanol–water partition coefficient (Wildman–Crippen LogP) is 5.31. The van der Waals surface area contributed by atoms with Gasteiger partial charge in [0, 0.05) is 5.56 Å². The summed E-state index contributed by atoms with van der Waals surface area (Å²) in [7, 11) is 0. The van der Waals surface area contributed by atoms with Crippen LogP contribution in [0.25, 0.3) is 11.3 Å². The minimum atomic E-state index is -4.42. The van der Waals surface area contributed by atoms with Gasteiger partial charge in [0.15, 0.2) is 0 Å². The number of halogens is 4. The van der Waals surface area contributed by atoms with Crippen LogP contribution in [0.3, 0.4) is 0 Å². The van der Waals surface area contributed by atoms with Crippen LogP contribution in [0.5, 0.6) is 0 Å². The maximum Gasteiger partial charge on any atom is 0.416 e. The van der Waals surface area contributed by atoms with E-state index < -0.39 is 17.6 Å². The fraction of sp³-hybridized carbons (Fsp3) is 0.111. The third-order valence-electron chi connectivity index (χ3n) is 3.79. The first kappa shape index (κ1) is 18.0. The van der Waals surface area contributed by atoms with Gasteiger partial charge in [-0.25, -0.2) is 0 Å². The maximum absolute atomic E-state index is 12.7. The molecule has 1 amide bonds. The van der Waals surface area contributed by atoms with Crippen molar-refractivity contribution in [3.63, 3.8) is 0 Å². The number of carbonyl (C=O) groups excluding carboxylic acids is 1. The van der Waals surface area contributed by atoms with Crippen molar-refractivity contribution in [2.45, 2.75) is 13.1 Å². The van der Waals surface area contributed by atoms with Gasteiger partial charge >= 0.3 is 6.18 Å². The molecule has 3 rings (SSSR count). The molecule has 8 heteroatoms. The first-order valence-electron chi connectivity index (χ1n) is 7.56. The lowest BCUT2D eigenvalue weighted by molar-refractivity contribution is -0.137. The van der Waals surface area contributed by atoms with Gasteiger partial charge in [0.2, 0.25) is 0 Å². The Balaban J connectivity index is 1.92. The van der Waals surface area contributed by atoms with Crippen LogP contribution in [0.15, 0.2) is 48.5 Å². The highest BCUT2D eigenvalue weighted by atomic mass is 35.5. The smallest absolute Gasteiger partial charge is 0.318 e. The number of amides is 1. The molecule has 0 saturated heterocycles. The summed E-state index contributed by atoms with van der Waals surface area (Å²) >= 11 is 6.03. The lowest BCUT2D eigenvalue weighted by Gasteiger charge is -2.10. The minimum absolute atomic E-state index is 0.285. The monoisotopic (exact) mass is 379 g/mol. The van der Waals surface area contributed by atoms with Gasteiger partial charge < -0.3 is 5.32 Å². The molecule has 1 heterocycles. The molecule has 134 valence electrons. The Morgan fingerprint density at radius 1 is 1.12 bits per heavy atom. The number of anilines is 1. The molecule has 1 aromatic heterocycles. The van der Waals surface area contributed by atoms with E-state index >= 15 is 0 Å². The van der Waals surface area contributed by atoms with E-state index in [1.54, 1.807) is 31.2 Å². The summed E-state index contributed by atoms with van der Waals surface area (Å²) in [5, 5.41) is 9.84. The molecule has 3 aromatic rings. The van der Waals surface area contributed by atoms with Crippen molar-refractivity contribution in [1.82, 2.24) is 10.2 Å². The molecule has 2 N–H and O–H groups in total. The number of hydrogen-bond acceptors (Lipinski definition) is 2. The van der Waals surface area contributed by atoms with Crippen molar-refractivity contribution >= 4 is 23.2 Å². The number of H-pyrrole nitrogens is 1. The van der Waals surface area contributed by atoms with Crippen LogP contribution >= 0.6 is 11.6 Å². The molecule has 0 aliphatic carbocycles. The van der Waals surface area contributed by atoms with Crippen LogP contribution in [-0.2, 0) is 6.18 Å². The zero-order chi connectivity index (χ0) is 18.9. The molecule has 0 bridgehead atoms. The second kappa shape index (κ2) is 6.84. The van der Waals surface area contributed by atoms with E-state index in [0.717, 1.165) is 12.1 Å². The van der Waals surface area contributed by atoms with E-state index in [9.17, 15) is 18.0 Å². The van der Waals surface area contributed by atoms with Crippen LogP contribution in [0.4, 0.5) is 18.9 Å². The molecular weight excluding hydrogens is 367 g/mol. The maximum atomic E-state index is 12.7. The highest BCUT2D eigenvalue weighted by Gasteiger charge is 2.30. The minimum Gasteiger partial charge on any atom is -0.318 e. The van der Waals surface area contributed by atoms with Crippen molar-refractivity contribution in [1.29, 1.82) is 0 Å². The van der Waals surface area contributed by atoms with Crippen LogP contribution in [0.1, 0.15) is 21.6 Å². The quantitative estimate of drug-likeness (QED) is 0.648. The molecule has 2 aromatic carbocycles. The molecule has 0 fully saturated rings. The Hall–Kier alpha value is -2.80. The van der Waals surface area contributed by atoms with Crippen molar-refractivity contribution < 1.29 is 18.0 Å². The second-order valence-electron chi connectivity index (χ2n) is 5.58. The van der Waals surface area contributed by atoms with Gasteiger partial charge in [-0.05, 0) is 31.2 Å². The van der Waals surface area contributed by atoms with Crippen molar-refractivity contribution in [2.24, 2.45) is 0 Å². The van der Waals surface area contributed by atoms with Gasteiger partial charge in [-0.15, -0.1) is 0 Å². The van der Waals surface area contributed by atoms with Gasteiger partial charge in [0.25, 0.3) is 5.91 Å². The first-order valence-corrected chi connectivity index (χ1v) is 7.93. The van der Waals surface area contributed by atoms with Gasteiger partial charge in [0.1, 0.15) is 5.69 Å². The number of nitrogens with one attached hydrogen (secondary N) is 2. The van der Waals surface area contributed by atoms with E-state index in [2.05, 4.69) is 15.5 Å². The highest BCUT2D eigenvalue weighted by Crippen LogP contribution is 2.33. The Labute approximate surface area is 152 Å². The zero-order valence-corrected chi connectivity index (χ0v) is 14.2. The second-order valence-corrected chi connectivity index (χ2v) is 5.99. The predicted molar refractivity (Wildman–Crippen MR) is 93.2 cm³/mol. The molecule has 0 unspecified atom stereocenters. The lowest BCUT2D eigenvalue weighted by atomic mass is 10.1. The number of carbonyl (C=O) groups is 1. The molecule has 26 heavy (non-hydrogen) atoms. The van der Waals surface area contributed by atoms with Gasteiger partial charge in [0.05, 0.1) is 27.5 Å². The molecule has 0 radical (unpaired) electrons. The third-order valence-corrected chi connectivity index (χ3v) is 4.12. The molecular formula is C18H13ClF3N3O. The summed E-state index contributed by atoms with van der Waals surface area (Å²) in [6.07, 6.45) is -4.42. The number of hydrogen-bond donors (Lipinski definition) is 2. The van der Waals surface area contributed by atoms with Crippen LogP contribution < -0.4 is 5.32 Å². The third kappa shape index (κ3) is 3.57. The fourth-order valence-electron chi connectivity index (χ4n) is 2.43. The van der Waals surface area contributed by atoms with Gasteiger partial charge in [-0.2, -0.15) is 18.3 Å². The van der Waals surface area contributed by atoms with E-state index in [1.165, 1.54) is 12.1 Å². The normalized spacial score (nSPS) is 11.4. The van der Waals surface area contributed by atoms with E-state index in [4.69, 9.17) is 11.6 Å². The number of rotatable bonds is 3. The number of aromatic amines is 1. The molecule has 0 aliphatic heterocycles. The van der Waals surface area contributed by atoms with E-state index in [0.29, 0.717) is 27.7 Å². The lowest BCUT2D eigenvalue weighted by Crippen LogP contribution is -2.13. The molecule has 0 spiro atoms. The Bertz CT molecular complexity index is 949. The van der Waals surface area contributed by atoms with Gasteiger partial charge in [-0.3, -0.25) is 9.89 Å². The first-order chi connectivity index (χ1) is 12.3. The van der Waals surface area contributed by atoms with Crippen molar-refractivity contribution in [3.05, 3.63) is 70.4 Å². The highest BCUT2D eigenvalue weighted by molar-refractivity contribution is 6.34. The van der Waals surface area contributed by atoms with Gasteiger partial charge in [-0.1, -0.05) is 35.9 Å². The average molecular weight is 380 g/mol. The van der Waals surface area contributed by atoms with Crippen LogP contribution in [0.2, 0.25) is 5.02 Å². The number of nitrogens with zero attached hydrogens (tertiary/aromatic N) is 1. The van der Waals surface area contributed by atoms with Crippen LogP contribution in [0, 0.1) is 6.92 Å². The van der Waals surface area contributed by atoms with Crippen LogP contribution in [-0.4, -0.2) is 16.1 Å². The van der Waals surface area contributed by atoms with E-state index in [1.807, 2.05) is 0 Å². The summed E-state index contributed by atoms with van der Waals surface area (Å²) in [6.45, 7) is 1.70. The number of benzene rings is 2. The SMILES string of the molecule is Cc1[nH]nc(-c2ccc(C(F)(F)F)cc2)c1NC(=O)c1ccccc1Cl. The summed E-state index contributed by atoms with van der Waals surface area (Å²) in [5.41, 5.74) is 1.27. The summed E-state index contributed by atoms with van der Waals surface area (Å²) in [4.78, 5) is 12.5. The number of alkyl halides is 3. The largest absolute Gasteiger partial charge is 0.416 e.